The first kappa shape index (κ1) is 21.1. The minimum absolute atomic E-state index is 0.0329. The van der Waals surface area contributed by atoms with Crippen molar-refractivity contribution in [1.29, 1.82) is 0 Å². The standard InChI is InChI=1S/C20H33NO5P/c1-25-10-2-3-15-4-5-17-12-18(7-6-16(17)11-15)19-8-9-20(21,13-19)14-26-27(22,23)24/h6-7,12,15,19,22-24H,2-5,8-11,13-14,21H2,1H3/q+1/t15?,19-,20+/m0/s1. The molecule has 0 saturated heterocycles. The summed E-state index contributed by atoms with van der Waals surface area (Å²) >= 11 is 0. The number of ether oxygens (including phenoxy) is 1. The van der Waals surface area contributed by atoms with Crippen LogP contribution >= 0.6 is 8.17 Å². The van der Waals surface area contributed by atoms with Crippen molar-refractivity contribution in [3.63, 3.8) is 0 Å². The number of rotatable bonds is 8. The van der Waals surface area contributed by atoms with E-state index < -0.39 is 13.7 Å². The molecule has 0 aromatic heterocycles. The number of nitrogens with two attached hydrogens (primary N) is 1. The lowest BCUT2D eigenvalue weighted by Gasteiger charge is -2.26. The normalized spacial score (nSPS) is 28.3. The van der Waals surface area contributed by atoms with Crippen LogP contribution in [0.25, 0.3) is 0 Å². The summed E-state index contributed by atoms with van der Waals surface area (Å²) in [4.78, 5) is 27.1. The molecule has 1 aromatic carbocycles. The summed E-state index contributed by atoms with van der Waals surface area (Å²) in [5, 5.41) is 0. The Kier molecular flexibility index (Phi) is 6.91. The topological polar surface area (TPSA) is 105 Å². The zero-order chi connectivity index (χ0) is 19.5. The Morgan fingerprint density at radius 2 is 2.04 bits per heavy atom. The average Bonchev–Trinajstić information content (AvgIpc) is 3.02. The number of methoxy groups -OCH3 is 1. The van der Waals surface area contributed by atoms with Crippen molar-refractivity contribution < 1.29 is 23.9 Å². The van der Waals surface area contributed by atoms with Gasteiger partial charge in [0.15, 0.2) is 0 Å². The van der Waals surface area contributed by atoms with Gasteiger partial charge >= 0.3 is 8.17 Å². The van der Waals surface area contributed by atoms with E-state index in [1.807, 2.05) is 0 Å². The number of fused-ring (bicyclic) bond motifs is 1. The first-order valence-electron chi connectivity index (χ1n) is 9.89. The van der Waals surface area contributed by atoms with Crippen molar-refractivity contribution in [1.82, 2.24) is 0 Å². The zero-order valence-corrected chi connectivity index (χ0v) is 17.0. The van der Waals surface area contributed by atoms with Crippen LogP contribution in [0.4, 0.5) is 0 Å². The first-order chi connectivity index (χ1) is 12.8. The van der Waals surface area contributed by atoms with Crippen LogP contribution in [0.5, 0.6) is 0 Å². The number of hydrogen-bond acceptors (Lipinski definition) is 6. The van der Waals surface area contributed by atoms with Crippen LogP contribution in [0.3, 0.4) is 0 Å². The summed E-state index contributed by atoms with van der Waals surface area (Å²) in [6.07, 6.45) is 8.34. The van der Waals surface area contributed by atoms with Crippen molar-refractivity contribution in [3.05, 3.63) is 34.9 Å². The van der Waals surface area contributed by atoms with Gasteiger partial charge in [0.2, 0.25) is 0 Å². The molecule has 1 fully saturated rings. The van der Waals surface area contributed by atoms with Gasteiger partial charge in [-0.05, 0) is 79.9 Å². The Morgan fingerprint density at radius 3 is 2.78 bits per heavy atom. The fraction of sp³-hybridized carbons (Fsp3) is 0.700. The highest BCUT2D eigenvalue weighted by Gasteiger charge is 2.42. The highest BCUT2D eigenvalue weighted by atomic mass is 31.2. The molecule has 27 heavy (non-hydrogen) atoms. The second kappa shape index (κ2) is 8.83. The van der Waals surface area contributed by atoms with E-state index in [2.05, 4.69) is 18.2 Å². The van der Waals surface area contributed by atoms with Crippen molar-refractivity contribution in [2.45, 2.75) is 62.8 Å². The van der Waals surface area contributed by atoms with Crippen LogP contribution in [0, 0.1) is 5.92 Å². The van der Waals surface area contributed by atoms with Gasteiger partial charge in [0.25, 0.3) is 0 Å². The molecule has 1 saturated carbocycles. The summed E-state index contributed by atoms with van der Waals surface area (Å²) in [6.45, 7) is 0.815. The number of benzene rings is 1. The number of hydrogen-bond donors (Lipinski definition) is 4. The van der Waals surface area contributed by atoms with Gasteiger partial charge in [-0.2, -0.15) is 19.2 Å². The summed E-state index contributed by atoms with van der Waals surface area (Å²) in [6, 6.07) is 6.86. The Balaban J connectivity index is 1.58. The molecule has 1 unspecified atom stereocenters. The molecule has 0 spiro atoms. The molecule has 152 valence electrons. The molecule has 0 heterocycles. The maximum absolute atomic E-state index is 9.03. The minimum atomic E-state index is -4.22. The van der Waals surface area contributed by atoms with E-state index in [0.717, 1.165) is 51.0 Å². The third-order valence-corrected chi connectivity index (χ3v) is 6.64. The van der Waals surface area contributed by atoms with Gasteiger partial charge in [-0.1, -0.05) is 18.2 Å². The Bertz CT molecular complexity index is 635. The van der Waals surface area contributed by atoms with Crippen molar-refractivity contribution in [3.8, 4) is 0 Å². The molecule has 3 rings (SSSR count). The molecule has 2 aliphatic rings. The molecule has 1 aromatic rings. The third kappa shape index (κ3) is 5.94. The molecule has 3 atom stereocenters. The Morgan fingerprint density at radius 1 is 1.22 bits per heavy atom. The van der Waals surface area contributed by atoms with E-state index in [4.69, 9.17) is 29.7 Å². The van der Waals surface area contributed by atoms with Crippen LogP contribution in [-0.4, -0.2) is 40.5 Å². The van der Waals surface area contributed by atoms with E-state index in [-0.39, 0.29) is 6.61 Å². The molecule has 0 amide bonds. The van der Waals surface area contributed by atoms with Gasteiger partial charge in [0.05, 0.1) is 0 Å². The molecular weight excluding hydrogens is 365 g/mol. The second-order valence-corrected chi connectivity index (χ2v) is 9.65. The smallest absolute Gasteiger partial charge is 0.385 e. The quantitative estimate of drug-likeness (QED) is 0.396. The molecule has 0 radical (unpaired) electrons. The highest BCUT2D eigenvalue weighted by molar-refractivity contribution is 7.53. The lowest BCUT2D eigenvalue weighted by molar-refractivity contribution is 0.125. The van der Waals surface area contributed by atoms with Gasteiger partial charge in [0, 0.05) is 19.3 Å². The zero-order valence-electron chi connectivity index (χ0n) is 16.1. The Hall–Kier alpha value is -0.590. The predicted molar refractivity (Wildman–Crippen MR) is 106 cm³/mol. The van der Waals surface area contributed by atoms with Gasteiger partial charge in [-0.25, -0.2) is 0 Å². The minimum Gasteiger partial charge on any atom is -0.385 e. The van der Waals surface area contributed by atoms with Crippen LogP contribution < -0.4 is 5.73 Å². The van der Waals surface area contributed by atoms with Crippen LogP contribution in [0.15, 0.2) is 18.2 Å². The van der Waals surface area contributed by atoms with Crippen molar-refractivity contribution in [2.75, 3.05) is 20.3 Å². The average molecular weight is 398 g/mol. The highest BCUT2D eigenvalue weighted by Crippen LogP contribution is 2.48. The molecule has 2 aliphatic carbocycles. The molecule has 6 nitrogen and oxygen atoms in total. The largest absolute Gasteiger partial charge is 0.567 e. The van der Waals surface area contributed by atoms with Gasteiger partial charge in [-0.3, -0.25) is 0 Å². The van der Waals surface area contributed by atoms with E-state index in [0.29, 0.717) is 5.92 Å². The second-order valence-electron chi connectivity index (χ2n) is 8.36. The Labute approximate surface area is 162 Å². The summed E-state index contributed by atoms with van der Waals surface area (Å²) < 4.78 is 9.96. The maximum atomic E-state index is 9.03. The van der Waals surface area contributed by atoms with Crippen LogP contribution in [0.2, 0.25) is 0 Å². The van der Waals surface area contributed by atoms with E-state index in [9.17, 15) is 0 Å². The summed E-state index contributed by atoms with van der Waals surface area (Å²) in [5.74, 6) is 1.12. The molecule has 0 bridgehead atoms. The van der Waals surface area contributed by atoms with E-state index in [1.54, 1.807) is 7.11 Å². The predicted octanol–water partition coefficient (Wildman–Crippen LogP) is 2.85. The number of aryl methyl sites for hydroxylation is 1. The first-order valence-corrected chi connectivity index (χ1v) is 11.5. The molecule has 0 aliphatic heterocycles. The summed E-state index contributed by atoms with van der Waals surface area (Å²) in [5.41, 5.74) is 10.00. The van der Waals surface area contributed by atoms with Crippen LogP contribution in [-0.2, 0) is 22.1 Å². The van der Waals surface area contributed by atoms with Crippen molar-refractivity contribution >= 4 is 8.17 Å². The van der Waals surface area contributed by atoms with Crippen LogP contribution in [0.1, 0.15) is 61.1 Å². The SMILES string of the molecule is COCCCC1CCc2cc([C@H]3CC[C@](N)(CO[P+](O)(O)O)C3)ccc2C1. The fourth-order valence-electron chi connectivity index (χ4n) is 4.65. The van der Waals surface area contributed by atoms with E-state index in [1.165, 1.54) is 29.5 Å². The van der Waals surface area contributed by atoms with Gasteiger partial charge in [-0.15, -0.1) is 0 Å². The van der Waals surface area contributed by atoms with E-state index >= 15 is 0 Å². The van der Waals surface area contributed by atoms with Gasteiger partial charge < -0.3 is 10.5 Å². The monoisotopic (exact) mass is 398 g/mol. The molecule has 7 heteroatoms. The molecular formula is C20H33NO5P+. The third-order valence-electron chi connectivity index (χ3n) is 6.16. The van der Waals surface area contributed by atoms with Crippen molar-refractivity contribution in [2.24, 2.45) is 11.7 Å². The fourth-order valence-corrected chi connectivity index (χ4v) is 5.08. The maximum Gasteiger partial charge on any atom is 0.567 e. The van der Waals surface area contributed by atoms with Gasteiger partial charge in [0.1, 0.15) is 6.61 Å². The lowest BCUT2D eigenvalue weighted by Crippen LogP contribution is -2.41. The lowest BCUT2D eigenvalue weighted by atomic mass is 9.80. The summed E-state index contributed by atoms with van der Waals surface area (Å²) in [7, 11) is -2.46. The molecule has 5 N–H and O–H groups in total.